The molecule has 0 fully saturated rings. The summed E-state index contributed by atoms with van der Waals surface area (Å²) in [4.78, 5) is 25.9. The van der Waals surface area contributed by atoms with Gasteiger partial charge in [0.05, 0.1) is 10.6 Å². The lowest BCUT2D eigenvalue weighted by Gasteiger charge is -2.05. The van der Waals surface area contributed by atoms with Gasteiger partial charge in [-0.2, -0.15) is 0 Å². The smallest absolute Gasteiger partial charge is 0.267 e. The van der Waals surface area contributed by atoms with Crippen LogP contribution >= 0.6 is 0 Å². The molecule has 2 rings (SSSR count). The molecule has 0 aliphatic heterocycles. The third-order valence-corrected chi connectivity index (χ3v) is 4.19. The summed E-state index contributed by atoms with van der Waals surface area (Å²) in [7, 11) is -3.70. The molecule has 0 unspecified atom stereocenters. The van der Waals surface area contributed by atoms with E-state index in [1.54, 1.807) is 24.3 Å². The Morgan fingerprint density at radius 3 is 2.22 bits per heavy atom. The van der Waals surface area contributed by atoms with Crippen LogP contribution < -0.4 is 10.5 Å². The molecule has 0 radical (unpaired) electrons. The van der Waals surface area contributed by atoms with Crippen molar-refractivity contribution in [2.24, 2.45) is 5.14 Å². The van der Waals surface area contributed by atoms with Gasteiger partial charge in [0, 0.05) is 13.5 Å². The summed E-state index contributed by atoms with van der Waals surface area (Å²) >= 11 is 0. The van der Waals surface area contributed by atoms with Crippen LogP contribution in [0.1, 0.15) is 33.5 Å². The van der Waals surface area contributed by atoms with Crippen molar-refractivity contribution in [3.63, 3.8) is 0 Å². The highest BCUT2D eigenvalue weighted by molar-refractivity contribution is 7.89. The van der Waals surface area contributed by atoms with E-state index in [-0.39, 0.29) is 16.6 Å². The van der Waals surface area contributed by atoms with E-state index < -0.39 is 10.0 Å². The van der Waals surface area contributed by atoms with E-state index in [2.05, 4.69) is 10.3 Å². The standard InChI is InChI=1S/C15H17N3O4S/c1-10(19)13-6-7-14(18-13)15(20)17-9-8-11-2-4-12(5-3-11)23(16,21)22/h2-7,18H,8-9H2,1H3,(H,17,20)(H2,16,21,22). The Kier molecular flexibility index (Phi) is 4.97. The Morgan fingerprint density at radius 2 is 1.70 bits per heavy atom. The first kappa shape index (κ1) is 16.9. The molecule has 0 atom stereocenters. The second-order valence-electron chi connectivity index (χ2n) is 5.04. The molecule has 122 valence electrons. The number of benzene rings is 1. The van der Waals surface area contributed by atoms with Crippen LogP contribution in [0.15, 0.2) is 41.3 Å². The predicted octanol–water partition coefficient (Wildman–Crippen LogP) is 0.837. The van der Waals surface area contributed by atoms with Gasteiger partial charge in [0.2, 0.25) is 10.0 Å². The summed E-state index contributed by atoms with van der Waals surface area (Å²) < 4.78 is 22.3. The third kappa shape index (κ3) is 4.51. The molecule has 23 heavy (non-hydrogen) atoms. The summed E-state index contributed by atoms with van der Waals surface area (Å²) in [5.74, 6) is -0.447. The van der Waals surface area contributed by atoms with Gasteiger partial charge < -0.3 is 10.3 Å². The fraction of sp³-hybridized carbons (Fsp3) is 0.200. The van der Waals surface area contributed by atoms with Crippen molar-refractivity contribution < 1.29 is 18.0 Å². The predicted molar refractivity (Wildman–Crippen MR) is 84.6 cm³/mol. The zero-order chi connectivity index (χ0) is 17.0. The Balaban J connectivity index is 1.89. The second-order valence-corrected chi connectivity index (χ2v) is 6.60. The molecule has 0 bridgehead atoms. The summed E-state index contributed by atoms with van der Waals surface area (Å²) in [6.07, 6.45) is 0.539. The first-order chi connectivity index (χ1) is 10.8. The van der Waals surface area contributed by atoms with Gasteiger partial charge in [-0.15, -0.1) is 0 Å². The van der Waals surface area contributed by atoms with Crippen LogP contribution in [0.3, 0.4) is 0 Å². The van der Waals surface area contributed by atoms with Gasteiger partial charge in [0.15, 0.2) is 5.78 Å². The van der Waals surface area contributed by atoms with E-state index in [4.69, 9.17) is 5.14 Å². The maximum Gasteiger partial charge on any atom is 0.267 e. The van der Waals surface area contributed by atoms with Gasteiger partial charge in [-0.1, -0.05) is 12.1 Å². The van der Waals surface area contributed by atoms with E-state index in [0.29, 0.717) is 24.4 Å². The maximum atomic E-state index is 11.9. The number of carbonyl (C=O) groups excluding carboxylic acids is 2. The van der Waals surface area contributed by atoms with Gasteiger partial charge in [0.1, 0.15) is 5.69 Å². The Morgan fingerprint density at radius 1 is 1.09 bits per heavy atom. The highest BCUT2D eigenvalue weighted by Gasteiger charge is 2.10. The van der Waals surface area contributed by atoms with Crippen molar-refractivity contribution >= 4 is 21.7 Å². The van der Waals surface area contributed by atoms with Crippen molar-refractivity contribution in [2.45, 2.75) is 18.2 Å². The Hall–Kier alpha value is -2.45. The lowest BCUT2D eigenvalue weighted by Crippen LogP contribution is -2.26. The van der Waals surface area contributed by atoms with E-state index in [0.717, 1.165) is 5.56 Å². The normalized spacial score (nSPS) is 11.2. The monoisotopic (exact) mass is 335 g/mol. The number of hydrogen-bond acceptors (Lipinski definition) is 4. The third-order valence-electron chi connectivity index (χ3n) is 3.26. The number of aromatic nitrogens is 1. The number of nitrogens with one attached hydrogen (secondary N) is 2. The van der Waals surface area contributed by atoms with Crippen LogP contribution in [0.2, 0.25) is 0 Å². The largest absolute Gasteiger partial charge is 0.350 e. The molecule has 1 amide bonds. The number of H-pyrrole nitrogens is 1. The minimum atomic E-state index is -3.70. The van der Waals surface area contributed by atoms with Gasteiger partial charge in [-0.05, 0) is 36.2 Å². The van der Waals surface area contributed by atoms with Crippen molar-refractivity contribution in [3.05, 3.63) is 53.3 Å². The van der Waals surface area contributed by atoms with E-state index in [1.165, 1.54) is 19.1 Å². The summed E-state index contributed by atoms with van der Waals surface area (Å²) in [6.45, 7) is 1.79. The number of aromatic amines is 1. The molecule has 0 aliphatic carbocycles. The molecule has 4 N–H and O–H groups in total. The molecular weight excluding hydrogens is 318 g/mol. The molecule has 1 aromatic carbocycles. The highest BCUT2D eigenvalue weighted by Crippen LogP contribution is 2.09. The number of rotatable bonds is 6. The van der Waals surface area contributed by atoms with Crippen LogP contribution in [0.5, 0.6) is 0 Å². The molecule has 7 nitrogen and oxygen atoms in total. The van der Waals surface area contributed by atoms with Crippen LogP contribution in [-0.4, -0.2) is 31.6 Å². The quantitative estimate of drug-likeness (QED) is 0.677. The van der Waals surface area contributed by atoms with Gasteiger partial charge in [0.25, 0.3) is 5.91 Å². The first-order valence-electron chi connectivity index (χ1n) is 6.87. The van der Waals surface area contributed by atoms with E-state index in [1.807, 2.05) is 0 Å². The lowest BCUT2D eigenvalue weighted by atomic mass is 10.1. The molecule has 0 saturated heterocycles. The van der Waals surface area contributed by atoms with Crippen LogP contribution in [0, 0.1) is 0 Å². The number of sulfonamides is 1. The molecule has 0 saturated carbocycles. The maximum absolute atomic E-state index is 11.9. The molecule has 1 aromatic heterocycles. The average molecular weight is 335 g/mol. The number of hydrogen-bond donors (Lipinski definition) is 3. The lowest BCUT2D eigenvalue weighted by molar-refractivity contribution is 0.0949. The zero-order valence-corrected chi connectivity index (χ0v) is 13.3. The Labute approximate surface area is 133 Å². The molecule has 8 heteroatoms. The number of Topliss-reactive ketones (excluding diaryl/α,β-unsaturated/α-hetero) is 1. The van der Waals surface area contributed by atoms with Crippen LogP contribution in [0.25, 0.3) is 0 Å². The van der Waals surface area contributed by atoms with E-state index in [9.17, 15) is 18.0 Å². The minimum Gasteiger partial charge on any atom is -0.350 e. The van der Waals surface area contributed by atoms with Gasteiger partial charge in [-0.25, -0.2) is 13.6 Å². The fourth-order valence-corrected chi connectivity index (χ4v) is 2.51. The number of amides is 1. The van der Waals surface area contributed by atoms with Gasteiger partial charge >= 0.3 is 0 Å². The zero-order valence-electron chi connectivity index (χ0n) is 12.5. The highest BCUT2D eigenvalue weighted by atomic mass is 32.2. The van der Waals surface area contributed by atoms with Crippen molar-refractivity contribution in [2.75, 3.05) is 6.54 Å². The molecule has 0 aliphatic rings. The number of carbonyl (C=O) groups is 2. The van der Waals surface area contributed by atoms with Crippen LogP contribution in [-0.2, 0) is 16.4 Å². The molecule has 2 aromatic rings. The minimum absolute atomic E-state index is 0.0495. The van der Waals surface area contributed by atoms with Crippen molar-refractivity contribution in [1.82, 2.24) is 10.3 Å². The molecular formula is C15H17N3O4S. The summed E-state index contributed by atoms with van der Waals surface area (Å²) in [5.41, 5.74) is 1.57. The second kappa shape index (κ2) is 6.76. The molecule has 0 spiro atoms. The summed E-state index contributed by atoms with van der Waals surface area (Å²) in [6, 6.07) is 9.26. The topological polar surface area (TPSA) is 122 Å². The fourth-order valence-electron chi connectivity index (χ4n) is 1.99. The average Bonchev–Trinajstić information content (AvgIpc) is 2.97. The van der Waals surface area contributed by atoms with Crippen molar-refractivity contribution in [1.29, 1.82) is 0 Å². The number of nitrogens with two attached hydrogens (primary N) is 1. The SMILES string of the molecule is CC(=O)c1ccc(C(=O)NCCc2ccc(S(N)(=O)=O)cc2)[nH]1. The summed E-state index contributed by atoms with van der Waals surface area (Å²) in [5, 5.41) is 7.74. The first-order valence-corrected chi connectivity index (χ1v) is 8.42. The van der Waals surface area contributed by atoms with Crippen molar-refractivity contribution in [3.8, 4) is 0 Å². The van der Waals surface area contributed by atoms with Gasteiger partial charge in [-0.3, -0.25) is 9.59 Å². The number of ketones is 1. The Bertz CT molecular complexity index is 823. The van der Waals surface area contributed by atoms with Crippen LogP contribution in [0.4, 0.5) is 0 Å². The molecule has 1 heterocycles. The number of primary sulfonamides is 1. The van der Waals surface area contributed by atoms with E-state index >= 15 is 0 Å².